The van der Waals surface area contributed by atoms with Crippen LogP contribution in [0.15, 0.2) is 51.8 Å². The summed E-state index contributed by atoms with van der Waals surface area (Å²) < 4.78 is 48.0. The summed E-state index contributed by atoms with van der Waals surface area (Å²) >= 11 is 0. The first-order chi connectivity index (χ1) is 15.9. The first-order valence-corrected chi connectivity index (χ1v) is 11.4. The van der Waals surface area contributed by atoms with Gasteiger partial charge in [-0.2, -0.15) is 4.31 Å². The number of morpholine rings is 1. The lowest BCUT2D eigenvalue weighted by Gasteiger charge is -2.26. The van der Waals surface area contributed by atoms with Crippen molar-refractivity contribution in [3.05, 3.63) is 48.0 Å². The third kappa shape index (κ3) is 4.82. The normalized spacial score (nSPS) is 14.6. The Morgan fingerprint density at radius 3 is 2.36 bits per heavy atom. The van der Waals surface area contributed by atoms with Crippen LogP contribution in [0.25, 0.3) is 11.5 Å². The molecular weight excluding hydrogens is 452 g/mol. The second-order valence-electron chi connectivity index (χ2n) is 6.98. The quantitative estimate of drug-likeness (QED) is 0.546. The molecule has 12 heteroatoms. The van der Waals surface area contributed by atoms with Crippen molar-refractivity contribution < 1.29 is 31.8 Å². The predicted octanol–water partition coefficient (Wildman–Crippen LogP) is 2.03. The molecule has 2 aromatic carbocycles. The van der Waals surface area contributed by atoms with Crippen molar-refractivity contribution in [1.82, 2.24) is 14.5 Å². The Morgan fingerprint density at radius 1 is 1.00 bits per heavy atom. The number of nitrogens with zero attached hydrogens (tertiary/aromatic N) is 3. The number of aromatic nitrogens is 2. The molecule has 1 fully saturated rings. The molecule has 1 aliphatic rings. The van der Waals surface area contributed by atoms with Gasteiger partial charge in [-0.15, -0.1) is 5.10 Å². The lowest BCUT2D eigenvalue weighted by molar-refractivity contribution is 0.0730. The number of carbonyl (C=O) groups excluding carboxylic acids is 1. The molecule has 1 aromatic heterocycles. The topological polar surface area (TPSA) is 133 Å². The number of carbonyl (C=O) groups is 1. The molecule has 4 rings (SSSR count). The van der Waals surface area contributed by atoms with E-state index in [4.69, 9.17) is 18.6 Å². The van der Waals surface area contributed by atoms with Gasteiger partial charge in [0.1, 0.15) is 0 Å². The number of ether oxygens (including phenoxy) is 3. The van der Waals surface area contributed by atoms with Crippen LogP contribution in [0.5, 0.6) is 11.5 Å². The highest BCUT2D eigenvalue weighted by Gasteiger charge is 2.26. The van der Waals surface area contributed by atoms with Crippen molar-refractivity contribution in [1.29, 1.82) is 0 Å². The molecule has 3 aromatic rings. The Balaban J connectivity index is 1.45. The van der Waals surface area contributed by atoms with Crippen LogP contribution in [0.2, 0.25) is 0 Å². The van der Waals surface area contributed by atoms with E-state index in [1.54, 1.807) is 18.2 Å². The second-order valence-corrected chi connectivity index (χ2v) is 8.92. The van der Waals surface area contributed by atoms with E-state index in [0.717, 1.165) is 0 Å². The summed E-state index contributed by atoms with van der Waals surface area (Å²) in [4.78, 5) is 12.7. The number of hydrogen-bond donors (Lipinski definition) is 1. The summed E-state index contributed by atoms with van der Waals surface area (Å²) in [6.45, 7) is 1.30. The average Bonchev–Trinajstić information content (AvgIpc) is 3.32. The van der Waals surface area contributed by atoms with E-state index in [0.29, 0.717) is 43.4 Å². The van der Waals surface area contributed by atoms with Gasteiger partial charge in [-0.25, -0.2) is 8.42 Å². The maximum atomic E-state index is 12.7. The fourth-order valence-electron chi connectivity index (χ4n) is 3.24. The summed E-state index contributed by atoms with van der Waals surface area (Å²) in [5.41, 5.74) is 0.820. The first kappa shape index (κ1) is 22.7. The average molecular weight is 474 g/mol. The monoisotopic (exact) mass is 474 g/mol. The number of rotatable bonds is 7. The molecule has 33 heavy (non-hydrogen) atoms. The number of anilines is 1. The van der Waals surface area contributed by atoms with Crippen LogP contribution in [0, 0.1) is 0 Å². The van der Waals surface area contributed by atoms with Crippen LogP contribution in [0.3, 0.4) is 0 Å². The van der Waals surface area contributed by atoms with Crippen LogP contribution in [-0.2, 0) is 14.8 Å². The summed E-state index contributed by atoms with van der Waals surface area (Å²) in [7, 11) is -0.597. The molecular formula is C21H22N4O7S. The zero-order chi connectivity index (χ0) is 23.4. The number of benzene rings is 2. The van der Waals surface area contributed by atoms with Gasteiger partial charge in [0, 0.05) is 24.2 Å². The van der Waals surface area contributed by atoms with Crippen LogP contribution in [-0.4, -0.2) is 69.4 Å². The van der Waals surface area contributed by atoms with Gasteiger partial charge in [0.15, 0.2) is 11.5 Å². The molecule has 11 nitrogen and oxygen atoms in total. The SMILES string of the molecule is COc1ccc(-c2nnc(NC(=O)c3ccc(S(=O)(=O)N4CCOCC4)cc3)o2)cc1OC. The third-order valence-electron chi connectivity index (χ3n) is 5.00. The molecule has 1 amide bonds. The fourth-order valence-corrected chi connectivity index (χ4v) is 4.65. The summed E-state index contributed by atoms with van der Waals surface area (Å²) in [5.74, 6) is 0.699. The van der Waals surface area contributed by atoms with E-state index in [2.05, 4.69) is 15.5 Å². The Hall–Kier alpha value is -3.48. The third-order valence-corrected chi connectivity index (χ3v) is 6.91. The minimum Gasteiger partial charge on any atom is -0.493 e. The molecule has 0 aliphatic carbocycles. The van der Waals surface area contributed by atoms with Crippen LogP contribution in [0.1, 0.15) is 10.4 Å². The van der Waals surface area contributed by atoms with E-state index in [-0.39, 0.29) is 22.4 Å². The van der Waals surface area contributed by atoms with Gasteiger partial charge in [-0.3, -0.25) is 10.1 Å². The van der Waals surface area contributed by atoms with Crippen LogP contribution >= 0.6 is 0 Å². The summed E-state index contributed by atoms with van der Waals surface area (Å²) in [5, 5.41) is 10.3. The molecule has 1 saturated heterocycles. The van der Waals surface area contributed by atoms with Gasteiger partial charge < -0.3 is 18.6 Å². The lowest BCUT2D eigenvalue weighted by Crippen LogP contribution is -2.40. The van der Waals surface area contributed by atoms with Gasteiger partial charge in [0.25, 0.3) is 5.91 Å². The summed E-state index contributed by atoms with van der Waals surface area (Å²) in [6.07, 6.45) is 0. The van der Waals surface area contributed by atoms with Gasteiger partial charge >= 0.3 is 6.01 Å². The van der Waals surface area contributed by atoms with E-state index < -0.39 is 15.9 Å². The molecule has 2 heterocycles. The highest BCUT2D eigenvalue weighted by molar-refractivity contribution is 7.89. The van der Waals surface area contributed by atoms with Gasteiger partial charge in [-0.05, 0) is 42.5 Å². The molecule has 0 unspecified atom stereocenters. The fraction of sp³-hybridized carbons (Fsp3) is 0.286. The zero-order valence-electron chi connectivity index (χ0n) is 18.0. The molecule has 0 saturated carbocycles. The Labute approximate surface area is 190 Å². The zero-order valence-corrected chi connectivity index (χ0v) is 18.8. The molecule has 0 bridgehead atoms. The minimum atomic E-state index is -3.64. The maximum absolute atomic E-state index is 12.7. The standard InChI is InChI=1S/C21H22N4O7S/c1-29-17-8-5-15(13-18(17)30-2)20-23-24-21(32-20)22-19(26)14-3-6-16(7-4-14)33(27,28)25-9-11-31-12-10-25/h3-8,13H,9-12H2,1-2H3,(H,22,24,26). The predicted molar refractivity (Wildman–Crippen MR) is 117 cm³/mol. The smallest absolute Gasteiger partial charge is 0.322 e. The Morgan fingerprint density at radius 2 is 1.70 bits per heavy atom. The van der Waals surface area contributed by atoms with Crippen molar-refractivity contribution in [3.8, 4) is 23.0 Å². The minimum absolute atomic E-state index is 0.102. The summed E-state index contributed by atoms with van der Waals surface area (Å²) in [6, 6.07) is 10.6. The largest absolute Gasteiger partial charge is 0.493 e. The maximum Gasteiger partial charge on any atom is 0.322 e. The molecule has 0 spiro atoms. The van der Waals surface area contributed by atoms with Crippen molar-refractivity contribution in [2.45, 2.75) is 4.90 Å². The molecule has 0 radical (unpaired) electrons. The number of sulfonamides is 1. The molecule has 0 atom stereocenters. The van der Waals surface area contributed by atoms with Crippen molar-refractivity contribution in [3.63, 3.8) is 0 Å². The van der Waals surface area contributed by atoms with Gasteiger partial charge in [0.05, 0.1) is 32.3 Å². The first-order valence-electron chi connectivity index (χ1n) is 9.97. The van der Waals surface area contributed by atoms with E-state index in [9.17, 15) is 13.2 Å². The van der Waals surface area contributed by atoms with Crippen LogP contribution in [0.4, 0.5) is 6.01 Å². The number of methoxy groups -OCH3 is 2. The van der Waals surface area contributed by atoms with Gasteiger partial charge in [0.2, 0.25) is 15.9 Å². The van der Waals surface area contributed by atoms with E-state index in [1.165, 1.54) is 42.8 Å². The second kappa shape index (κ2) is 9.57. The molecule has 174 valence electrons. The lowest BCUT2D eigenvalue weighted by atomic mass is 10.2. The molecule has 1 aliphatic heterocycles. The van der Waals surface area contributed by atoms with E-state index in [1.807, 2.05) is 0 Å². The highest BCUT2D eigenvalue weighted by atomic mass is 32.2. The molecule has 1 N–H and O–H groups in total. The van der Waals surface area contributed by atoms with Crippen LogP contribution < -0.4 is 14.8 Å². The Bertz CT molecular complexity index is 1240. The highest BCUT2D eigenvalue weighted by Crippen LogP contribution is 2.32. The van der Waals surface area contributed by atoms with E-state index >= 15 is 0 Å². The van der Waals surface area contributed by atoms with Crippen molar-refractivity contribution in [2.24, 2.45) is 0 Å². The number of hydrogen-bond acceptors (Lipinski definition) is 9. The number of amides is 1. The van der Waals surface area contributed by atoms with Crippen molar-refractivity contribution in [2.75, 3.05) is 45.8 Å². The number of nitrogens with one attached hydrogen (secondary N) is 1. The van der Waals surface area contributed by atoms with Gasteiger partial charge in [-0.1, -0.05) is 5.10 Å². The van der Waals surface area contributed by atoms with Crippen molar-refractivity contribution >= 4 is 21.9 Å². The Kier molecular flexibility index (Phi) is 6.58.